The van der Waals surface area contributed by atoms with Gasteiger partial charge in [0, 0.05) is 12.4 Å². The highest BCUT2D eigenvalue weighted by molar-refractivity contribution is 7.99. The van der Waals surface area contributed by atoms with Gasteiger partial charge in [0.15, 0.2) is 0 Å². The molecule has 1 N–H and O–H groups in total. The minimum atomic E-state index is -0.710. The lowest BCUT2D eigenvalue weighted by molar-refractivity contribution is -0.869. The largest absolute Gasteiger partial charge is 0.330 e. The van der Waals surface area contributed by atoms with Gasteiger partial charge in [-0.25, -0.2) is 4.39 Å². The number of unbranched alkanes of at least 4 members (excludes halogenated alkanes) is 1. The quantitative estimate of drug-likeness (QED) is 0.354. The lowest BCUT2D eigenvalue weighted by Gasteiger charge is -2.23. The molecule has 0 aromatic heterocycles. The van der Waals surface area contributed by atoms with Gasteiger partial charge in [-0.1, -0.05) is 0 Å². The highest BCUT2D eigenvalue weighted by Crippen LogP contribution is 2.18. The van der Waals surface area contributed by atoms with E-state index >= 15 is 0 Å². The lowest BCUT2D eigenvalue weighted by atomic mass is 10.2. The van der Waals surface area contributed by atoms with E-state index in [-0.39, 0.29) is 0 Å². The van der Waals surface area contributed by atoms with Crippen LogP contribution < -0.4 is 5.32 Å². The van der Waals surface area contributed by atoms with Crippen molar-refractivity contribution in [2.45, 2.75) is 24.8 Å². The number of rotatable bonds is 11. The first-order chi connectivity index (χ1) is 8.31. The Balaban J connectivity index is 3.25. The summed E-state index contributed by atoms with van der Waals surface area (Å²) in [5.41, 5.74) is -0.710. The van der Waals surface area contributed by atoms with E-state index in [9.17, 15) is 4.39 Å². The minimum Gasteiger partial charge on any atom is -0.330 e. The van der Waals surface area contributed by atoms with E-state index < -0.39 is 5.50 Å². The minimum absolute atomic E-state index is 0.676. The first kappa shape index (κ1) is 18.2. The third kappa shape index (κ3) is 14.2. The fourth-order valence-electron chi connectivity index (χ4n) is 1.41. The first-order valence-electron chi connectivity index (χ1n) is 6.73. The van der Waals surface area contributed by atoms with Gasteiger partial charge in [-0.15, -0.1) is 11.8 Å². The summed E-state index contributed by atoms with van der Waals surface area (Å²) >= 11 is 1.39. The molecule has 0 aromatic carbocycles. The summed E-state index contributed by atoms with van der Waals surface area (Å²) in [7, 11) is 10.5. The van der Waals surface area contributed by atoms with Gasteiger partial charge in [0.25, 0.3) is 0 Å². The molecule has 0 spiro atoms. The second kappa shape index (κ2) is 10.0. The van der Waals surface area contributed by atoms with Crippen molar-refractivity contribution in [3.8, 4) is 0 Å². The van der Waals surface area contributed by atoms with Gasteiger partial charge < -0.3 is 14.7 Å². The van der Waals surface area contributed by atoms with Crippen LogP contribution in [0.2, 0.25) is 0 Å². The molecule has 0 heterocycles. The average molecular weight is 280 g/mol. The molecule has 0 aliphatic carbocycles. The number of quaternary nitrogens is 1. The maximum absolute atomic E-state index is 13.4. The number of nitrogens with one attached hydrogen (secondary N) is 1. The van der Waals surface area contributed by atoms with Crippen LogP contribution >= 0.6 is 11.8 Å². The van der Waals surface area contributed by atoms with Gasteiger partial charge in [0.2, 0.25) is 0 Å². The van der Waals surface area contributed by atoms with Gasteiger partial charge in [0.05, 0.1) is 27.7 Å². The molecule has 0 aliphatic rings. The SMILES string of the molecule is CN(C)CS[C@H](F)CCCCNCC[N+](C)(C)C. The van der Waals surface area contributed by atoms with Gasteiger partial charge >= 0.3 is 0 Å². The van der Waals surface area contributed by atoms with E-state index in [0.29, 0.717) is 6.42 Å². The van der Waals surface area contributed by atoms with Crippen molar-refractivity contribution < 1.29 is 8.87 Å². The Labute approximate surface area is 117 Å². The molecule has 0 unspecified atom stereocenters. The lowest BCUT2D eigenvalue weighted by Crippen LogP contribution is -2.40. The van der Waals surface area contributed by atoms with E-state index in [1.54, 1.807) is 0 Å². The summed E-state index contributed by atoms with van der Waals surface area (Å²) in [6.07, 6.45) is 2.72. The molecule has 0 amide bonds. The maximum Gasteiger partial charge on any atom is 0.147 e. The number of alkyl halides is 1. The summed E-state index contributed by atoms with van der Waals surface area (Å²) < 4.78 is 14.4. The normalized spacial score (nSPS) is 14.2. The van der Waals surface area contributed by atoms with E-state index in [0.717, 1.165) is 42.8 Å². The van der Waals surface area contributed by atoms with Crippen molar-refractivity contribution in [1.82, 2.24) is 10.2 Å². The molecular formula is C13H31FN3S+. The van der Waals surface area contributed by atoms with Crippen LogP contribution in [-0.2, 0) is 0 Å². The Hall–Kier alpha value is 0.160. The van der Waals surface area contributed by atoms with Crippen molar-refractivity contribution in [2.24, 2.45) is 0 Å². The van der Waals surface area contributed by atoms with Crippen molar-refractivity contribution in [1.29, 1.82) is 0 Å². The van der Waals surface area contributed by atoms with Crippen LogP contribution in [0.4, 0.5) is 4.39 Å². The molecule has 0 saturated carbocycles. The van der Waals surface area contributed by atoms with Crippen LogP contribution in [0.1, 0.15) is 19.3 Å². The van der Waals surface area contributed by atoms with Gasteiger partial charge in [-0.3, -0.25) is 0 Å². The van der Waals surface area contributed by atoms with Crippen LogP contribution in [0.25, 0.3) is 0 Å². The number of hydrogen-bond acceptors (Lipinski definition) is 3. The maximum atomic E-state index is 13.4. The van der Waals surface area contributed by atoms with Gasteiger partial charge in [0.1, 0.15) is 5.50 Å². The topological polar surface area (TPSA) is 15.3 Å². The Morgan fingerprint density at radius 3 is 2.39 bits per heavy atom. The molecule has 0 aromatic rings. The number of likely N-dealkylation sites (N-methyl/N-ethyl adjacent to an activating group) is 1. The molecular weight excluding hydrogens is 249 g/mol. The summed E-state index contributed by atoms with van der Waals surface area (Å²) in [5, 5.41) is 3.41. The molecule has 0 fully saturated rings. The Bertz CT molecular complexity index is 195. The zero-order valence-corrected chi connectivity index (χ0v) is 13.5. The molecule has 5 heteroatoms. The molecule has 110 valence electrons. The molecule has 0 rings (SSSR count). The number of halogens is 1. The van der Waals surface area contributed by atoms with E-state index in [1.807, 2.05) is 19.0 Å². The molecule has 0 saturated heterocycles. The smallest absolute Gasteiger partial charge is 0.147 e. The molecule has 18 heavy (non-hydrogen) atoms. The summed E-state index contributed by atoms with van der Waals surface area (Å²) in [4.78, 5) is 2.00. The third-order valence-electron chi connectivity index (χ3n) is 2.51. The first-order valence-corrected chi connectivity index (χ1v) is 7.78. The fraction of sp³-hybridized carbons (Fsp3) is 1.00. The Kier molecular flexibility index (Phi) is 10.1. The predicted molar refractivity (Wildman–Crippen MR) is 80.7 cm³/mol. The second-order valence-electron chi connectivity index (χ2n) is 6.05. The van der Waals surface area contributed by atoms with Gasteiger partial charge in [-0.05, 0) is 39.9 Å². The van der Waals surface area contributed by atoms with Crippen molar-refractivity contribution >= 4 is 11.8 Å². The highest BCUT2D eigenvalue weighted by Gasteiger charge is 2.07. The number of thioether (sulfide) groups is 1. The molecule has 0 bridgehead atoms. The Morgan fingerprint density at radius 1 is 1.17 bits per heavy atom. The Morgan fingerprint density at radius 2 is 1.83 bits per heavy atom. The van der Waals surface area contributed by atoms with Crippen LogP contribution in [0.3, 0.4) is 0 Å². The second-order valence-corrected chi connectivity index (χ2v) is 7.15. The summed E-state index contributed by atoms with van der Waals surface area (Å²) in [6.45, 7) is 3.17. The van der Waals surface area contributed by atoms with Crippen molar-refractivity contribution in [3.05, 3.63) is 0 Å². The van der Waals surface area contributed by atoms with Crippen LogP contribution in [-0.4, -0.2) is 75.6 Å². The summed E-state index contributed by atoms with van der Waals surface area (Å²) in [5.74, 6) is 0.767. The molecule has 1 atom stereocenters. The van der Waals surface area contributed by atoms with Crippen molar-refractivity contribution in [2.75, 3.05) is 60.7 Å². The average Bonchev–Trinajstić information content (AvgIpc) is 2.23. The van der Waals surface area contributed by atoms with Crippen molar-refractivity contribution in [3.63, 3.8) is 0 Å². The van der Waals surface area contributed by atoms with E-state index in [2.05, 4.69) is 26.5 Å². The van der Waals surface area contributed by atoms with Crippen LogP contribution in [0.15, 0.2) is 0 Å². The van der Waals surface area contributed by atoms with E-state index in [1.165, 1.54) is 11.8 Å². The molecule has 3 nitrogen and oxygen atoms in total. The number of nitrogens with zero attached hydrogens (tertiary/aromatic N) is 2. The van der Waals surface area contributed by atoms with Crippen LogP contribution in [0, 0.1) is 0 Å². The van der Waals surface area contributed by atoms with E-state index in [4.69, 9.17) is 0 Å². The number of hydrogen-bond donors (Lipinski definition) is 1. The fourth-order valence-corrected chi connectivity index (χ4v) is 2.20. The van der Waals surface area contributed by atoms with Crippen LogP contribution in [0.5, 0.6) is 0 Å². The predicted octanol–water partition coefficient (Wildman–Crippen LogP) is 2.00. The highest BCUT2D eigenvalue weighted by atomic mass is 32.2. The zero-order chi connectivity index (χ0) is 14.0. The van der Waals surface area contributed by atoms with Gasteiger partial charge in [-0.2, -0.15) is 0 Å². The molecule has 0 radical (unpaired) electrons. The standard InChI is InChI=1S/C13H31FN3S/c1-16(2)12-18-13(14)8-6-7-9-15-10-11-17(3,4)5/h13,15H,6-12H2,1-5H3/q+1/t13-/m0/s1. The zero-order valence-electron chi connectivity index (χ0n) is 12.7. The monoisotopic (exact) mass is 280 g/mol. The molecule has 0 aliphatic heterocycles. The summed E-state index contributed by atoms with van der Waals surface area (Å²) in [6, 6.07) is 0. The third-order valence-corrected chi connectivity index (χ3v) is 3.77.